The number of ketones is 2. The summed E-state index contributed by atoms with van der Waals surface area (Å²) in [6.07, 6.45) is 0.968. The molecule has 0 aromatic heterocycles. The van der Waals surface area contributed by atoms with Crippen LogP contribution in [0.25, 0.3) is 11.1 Å². The third-order valence-electron chi connectivity index (χ3n) is 1.30. The van der Waals surface area contributed by atoms with Crippen molar-refractivity contribution in [3.8, 4) is 0 Å². The van der Waals surface area contributed by atoms with Crippen LogP contribution in [0.5, 0.6) is 0 Å². The first-order valence-corrected chi connectivity index (χ1v) is 5.21. The summed E-state index contributed by atoms with van der Waals surface area (Å²) >= 11 is 0. The van der Waals surface area contributed by atoms with Crippen LogP contribution in [-0.2, 0) is 56.3 Å². The number of ether oxygens (including phenoxy) is 2. The molecule has 11 heteroatoms. The first kappa shape index (κ1) is 24.0. The molecule has 0 saturated heterocycles. The van der Waals surface area contributed by atoms with E-state index in [2.05, 4.69) is 19.1 Å². The minimum Gasteiger partial charge on any atom is -0.460 e. The third kappa shape index (κ3) is 14.2. The Balaban J connectivity index is -0.000000295. The van der Waals surface area contributed by atoms with Gasteiger partial charge in [-0.25, -0.2) is 9.59 Å². The van der Waals surface area contributed by atoms with Gasteiger partial charge in [-0.05, 0) is 13.8 Å². The third-order valence-corrected chi connectivity index (χ3v) is 1.30. The van der Waals surface area contributed by atoms with Gasteiger partial charge in [-0.1, -0.05) is 0 Å². The molecule has 0 unspecified atom stereocenters. The van der Waals surface area contributed by atoms with Crippen molar-refractivity contribution >= 4 is 35.9 Å². The van der Waals surface area contributed by atoms with Crippen molar-refractivity contribution < 1.29 is 65.9 Å². The smallest absolute Gasteiger partial charge is 0.460 e. The van der Waals surface area contributed by atoms with Crippen molar-refractivity contribution in [2.24, 2.45) is 0 Å². The van der Waals surface area contributed by atoms with Crippen LogP contribution < -0.4 is 0 Å². The molecule has 21 heavy (non-hydrogen) atoms. The van der Waals surface area contributed by atoms with Gasteiger partial charge in [0.15, 0.2) is 0 Å². The van der Waals surface area contributed by atoms with E-state index in [4.69, 9.17) is 11.1 Å². The average molecular weight is 485 g/mol. The Bertz CT molecular complexity index is 436. The van der Waals surface area contributed by atoms with Crippen molar-refractivity contribution in [2.75, 3.05) is 13.2 Å². The van der Waals surface area contributed by atoms with Gasteiger partial charge in [0, 0.05) is 0 Å². The van der Waals surface area contributed by atoms with Gasteiger partial charge in [-0.3, -0.25) is 9.59 Å². The van der Waals surface area contributed by atoms with Crippen LogP contribution in [0.15, 0.2) is 0 Å². The van der Waals surface area contributed by atoms with Crippen LogP contribution in [0.2, 0.25) is 0 Å². The molecular formula is C10H12HgN4O6+2. The zero-order chi connectivity index (χ0) is 16.0. The molecule has 0 aromatic carbocycles. The van der Waals surface area contributed by atoms with Crippen LogP contribution in [0.3, 0.4) is 0 Å². The normalized spacial score (nSPS) is 7.33. The van der Waals surface area contributed by atoms with Crippen molar-refractivity contribution in [3.63, 3.8) is 0 Å². The van der Waals surface area contributed by atoms with Crippen molar-refractivity contribution in [3.05, 3.63) is 11.1 Å². The van der Waals surface area contributed by atoms with E-state index < -0.39 is 23.5 Å². The van der Waals surface area contributed by atoms with Crippen LogP contribution in [0.1, 0.15) is 13.8 Å². The number of esters is 2. The van der Waals surface area contributed by atoms with Gasteiger partial charge in [0.2, 0.25) is 0 Å². The topological polar surface area (TPSA) is 160 Å². The molecule has 0 N–H and O–H groups in total. The van der Waals surface area contributed by atoms with Gasteiger partial charge in [0.05, 0.1) is 13.2 Å². The first-order valence-electron chi connectivity index (χ1n) is 5.21. The maximum atomic E-state index is 10.4. The Morgan fingerprint density at radius 3 is 1.33 bits per heavy atom. The van der Waals surface area contributed by atoms with Crippen LogP contribution in [0, 0.1) is 0 Å². The Morgan fingerprint density at radius 1 is 0.857 bits per heavy atom. The zero-order valence-electron chi connectivity index (χ0n) is 11.5. The summed E-state index contributed by atoms with van der Waals surface area (Å²) in [7, 11) is 0. The van der Waals surface area contributed by atoms with Crippen molar-refractivity contribution in [1.29, 1.82) is 0 Å². The quantitative estimate of drug-likeness (QED) is 0.115. The molecule has 0 saturated carbocycles. The average Bonchev–Trinajstić information content (AvgIpc) is 2.40. The second-order valence-electron chi connectivity index (χ2n) is 2.66. The predicted octanol–water partition coefficient (Wildman–Crippen LogP) is -1.16. The van der Waals surface area contributed by atoms with Crippen LogP contribution in [0.4, 0.5) is 0 Å². The molecule has 0 aromatic rings. The second-order valence-corrected chi connectivity index (χ2v) is 2.66. The van der Waals surface area contributed by atoms with Gasteiger partial charge in [0.1, 0.15) is 0 Å². The first-order chi connectivity index (χ1) is 9.44. The van der Waals surface area contributed by atoms with E-state index in [1.165, 1.54) is 0 Å². The fraction of sp³-hybridized carbons (Fsp3) is 0.400. The fourth-order valence-electron chi connectivity index (χ4n) is 0.615. The van der Waals surface area contributed by atoms with E-state index in [0.29, 0.717) is 12.4 Å². The van der Waals surface area contributed by atoms with E-state index in [0.717, 1.165) is 0 Å². The fourth-order valence-corrected chi connectivity index (χ4v) is 0.615. The summed E-state index contributed by atoms with van der Waals surface area (Å²) in [5.41, 5.74) is 15.6. The van der Waals surface area contributed by atoms with E-state index in [1.54, 1.807) is 13.8 Å². The molecule has 0 aliphatic carbocycles. The van der Waals surface area contributed by atoms with Crippen LogP contribution >= 0.6 is 0 Å². The second kappa shape index (κ2) is 16.0. The largest absolute Gasteiger partial charge is 2.00 e. The van der Waals surface area contributed by atoms with Gasteiger partial charge in [-0.2, -0.15) is 9.58 Å². The monoisotopic (exact) mass is 486 g/mol. The molecule has 0 aliphatic rings. The number of hydrogen-bond acceptors (Lipinski definition) is 6. The molecular weight excluding hydrogens is 473 g/mol. The number of rotatable bonds is 6. The number of carbonyl (C=O) groups is 4. The van der Waals surface area contributed by atoms with E-state index >= 15 is 0 Å². The minimum atomic E-state index is -1.01. The molecule has 0 heterocycles. The molecule has 0 amide bonds. The summed E-state index contributed by atoms with van der Waals surface area (Å²) < 4.78 is 8.53. The Kier molecular flexibility index (Phi) is 18.3. The molecule has 10 nitrogen and oxygen atoms in total. The number of carbonyl (C=O) groups excluding carboxylic acids is 4. The van der Waals surface area contributed by atoms with Gasteiger partial charge >= 0.3 is 63.6 Å². The zero-order valence-corrected chi connectivity index (χ0v) is 17.0. The van der Waals surface area contributed by atoms with Crippen LogP contribution in [-0.4, -0.2) is 58.7 Å². The minimum absolute atomic E-state index is 0. The Morgan fingerprint density at radius 2 is 1.14 bits per heavy atom. The van der Waals surface area contributed by atoms with E-state index in [1.807, 2.05) is 0 Å². The predicted molar refractivity (Wildman–Crippen MR) is 62.6 cm³/mol. The summed E-state index contributed by atoms with van der Waals surface area (Å²) in [5.74, 6) is -3.96. The summed E-state index contributed by atoms with van der Waals surface area (Å²) in [4.78, 5) is 46.1. The molecule has 108 valence electrons. The van der Waals surface area contributed by atoms with Gasteiger partial charge in [0.25, 0.3) is 0 Å². The van der Waals surface area contributed by atoms with E-state index in [-0.39, 0.29) is 40.9 Å². The van der Waals surface area contributed by atoms with Crippen molar-refractivity contribution in [2.45, 2.75) is 13.8 Å². The molecule has 0 radical (unpaired) electrons. The van der Waals surface area contributed by atoms with Gasteiger partial charge in [-0.15, -0.1) is 0 Å². The summed E-state index contributed by atoms with van der Waals surface area (Å²) in [6, 6.07) is 0. The number of hydrogen-bond donors (Lipinski definition) is 0. The molecule has 0 bridgehead atoms. The summed E-state index contributed by atoms with van der Waals surface area (Å²) in [6.45, 7) is 3.40. The molecule has 0 aliphatic heterocycles. The Labute approximate surface area is 140 Å². The summed E-state index contributed by atoms with van der Waals surface area (Å²) in [5, 5.41) is 0. The van der Waals surface area contributed by atoms with Gasteiger partial charge < -0.3 is 20.5 Å². The molecule has 0 spiro atoms. The molecule has 0 atom stereocenters. The number of Topliss-reactive ketones (excluding diaryl/α,β-unsaturated/α-hetero) is 2. The standard InChI is InChI=1S/2C5H6N2O3.Hg/c2*1-2-10-5(9)4(8)3-7-6;/h2*3H,2H2,1H3;/q;;+2. The maximum absolute atomic E-state index is 10.4. The Hall–Kier alpha value is -2.02. The van der Waals surface area contributed by atoms with Crippen molar-refractivity contribution in [1.82, 2.24) is 0 Å². The molecule has 0 fully saturated rings. The molecule has 0 rings (SSSR count). The maximum Gasteiger partial charge on any atom is 2.00 e. The number of nitrogens with zero attached hydrogens (tertiary/aromatic N) is 4. The SMILES string of the molecule is CCOC(=O)C(=O)C=[N+]=[N-].CCOC(=O)C(=O)C=[N+]=[N-].[Hg+2]. The van der Waals surface area contributed by atoms with E-state index in [9.17, 15) is 19.2 Å².